The molecule has 0 radical (unpaired) electrons. The van der Waals surface area contributed by atoms with Gasteiger partial charge < -0.3 is 15.4 Å². The number of benzene rings is 2. The number of anilines is 1. The molecule has 0 aliphatic heterocycles. The molecule has 0 bridgehead atoms. The van der Waals surface area contributed by atoms with Crippen molar-refractivity contribution in [3.05, 3.63) is 82.6 Å². The van der Waals surface area contributed by atoms with Crippen LogP contribution < -0.4 is 15.4 Å². The van der Waals surface area contributed by atoms with Crippen LogP contribution in [0.4, 0.5) is 5.95 Å². The van der Waals surface area contributed by atoms with Crippen molar-refractivity contribution in [3.8, 4) is 5.75 Å². The Hall–Kier alpha value is -3.12. The molecule has 1 aromatic heterocycles. The minimum absolute atomic E-state index is 0.254. The maximum absolute atomic E-state index is 12.3. The number of aromatic nitrogens is 2. The Bertz CT molecular complexity index is 914. The molecule has 2 aromatic carbocycles. The zero-order valence-corrected chi connectivity index (χ0v) is 16.2. The van der Waals surface area contributed by atoms with Crippen LogP contribution in [0.1, 0.15) is 21.6 Å². The molecular formula is C21H21ClN4O2. The Labute approximate surface area is 168 Å². The first-order chi connectivity index (χ1) is 13.6. The SMILES string of the molecule is COc1ccc(CCNc2nccc(C(=O)NCc3ccc(Cl)cc3)n2)cc1. The minimum Gasteiger partial charge on any atom is -0.497 e. The Morgan fingerprint density at radius 2 is 1.75 bits per heavy atom. The van der Waals surface area contributed by atoms with Gasteiger partial charge in [-0.25, -0.2) is 9.97 Å². The maximum atomic E-state index is 12.3. The summed E-state index contributed by atoms with van der Waals surface area (Å²) in [5.41, 5.74) is 2.45. The fourth-order valence-corrected chi connectivity index (χ4v) is 2.68. The molecule has 7 heteroatoms. The Kier molecular flexibility index (Phi) is 6.81. The standard InChI is InChI=1S/C21H21ClN4O2/c1-28-18-8-4-15(5-9-18)10-12-23-21-24-13-11-19(26-21)20(27)25-14-16-2-6-17(22)7-3-16/h2-9,11,13H,10,12,14H2,1H3,(H,25,27)(H,23,24,26). The van der Waals surface area contributed by atoms with Crippen LogP contribution >= 0.6 is 11.6 Å². The summed E-state index contributed by atoms with van der Waals surface area (Å²) >= 11 is 5.87. The highest BCUT2D eigenvalue weighted by molar-refractivity contribution is 6.30. The number of nitrogens with zero attached hydrogens (tertiary/aromatic N) is 2. The van der Waals surface area contributed by atoms with Gasteiger partial charge in [0.15, 0.2) is 0 Å². The number of halogens is 1. The first-order valence-corrected chi connectivity index (χ1v) is 9.24. The van der Waals surface area contributed by atoms with Crippen LogP contribution in [0.3, 0.4) is 0 Å². The fourth-order valence-electron chi connectivity index (χ4n) is 2.56. The summed E-state index contributed by atoms with van der Waals surface area (Å²) in [5.74, 6) is 1.00. The predicted octanol–water partition coefficient (Wildman–Crippen LogP) is 3.72. The zero-order chi connectivity index (χ0) is 19.8. The molecule has 3 aromatic rings. The maximum Gasteiger partial charge on any atom is 0.270 e. The molecule has 144 valence electrons. The number of nitrogens with one attached hydrogen (secondary N) is 2. The van der Waals surface area contributed by atoms with E-state index >= 15 is 0 Å². The van der Waals surface area contributed by atoms with Crippen molar-refractivity contribution < 1.29 is 9.53 Å². The molecule has 2 N–H and O–H groups in total. The van der Waals surface area contributed by atoms with Gasteiger partial charge in [-0.3, -0.25) is 4.79 Å². The first kappa shape index (κ1) is 19.6. The van der Waals surface area contributed by atoms with Crippen LogP contribution in [-0.2, 0) is 13.0 Å². The van der Waals surface area contributed by atoms with E-state index in [0.29, 0.717) is 29.8 Å². The largest absolute Gasteiger partial charge is 0.497 e. The molecule has 0 spiro atoms. The fraction of sp³-hybridized carbons (Fsp3) is 0.190. The molecule has 6 nitrogen and oxygen atoms in total. The van der Waals surface area contributed by atoms with Gasteiger partial charge in [0.1, 0.15) is 11.4 Å². The third-order valence-electron chi connectivity index (χ3n) is 4.11. The highest BCUT2D eigenvalue weighted by Gasteiger charge is 2.08. The van der Waals surface area contributed by atoms with Crippen molar-refractivity contribution in [1.82, 2.24) is 15.3 Å². The Morgan fingerprint density at radius 3 is 2.46 bits per heavy atom. The van der Waals surface area contributed by atoms with Crippen LogP contribution in [0, 0.1) is 0 Å². The van der Waals surface area contributed by atoms with Gasteiger partial charge in [0.25, 0.3) is 5.91 Å². The van der Waals surface area contributed by atoms with E-state index < -0.39 is 0 Å². The highest BCUT2D eigenvalue weighted by atomic mass is 35.5. The van der Waals surface area contributed by atoms with Gasteiger partial charge in [0.05, 0.1) is 7.11 Å². The number of carbonyl (C=O) groups is 1. The zero-order valence-electron chi connectivity index (χ0n) is 15.5. The molecule has 0 saturated heterocycles. The van der Waals surface area contributed by atoms with E-state index in [9.17, 15) is 4.79 Å². The van der Waals surface area contributed by atoms with Gasteiger partial charge >= 0.3 is 0 Å². The summed E-state index contributed by atoms with van der Waals surface area (Å²) in [6.45, 7) is 1.06. The molecule has 0 aliphatic rings. The number of ether oxygens (including phenoxy) is 1. The smallest absolute Gasteiger partial charge is 0.270 e. The van der Waals surface area contributed by atoms with E-state index in [-0.39, 0.29) is 5.91 Å². The lowest BCUT2D eigenvalue weighted by molar-refractivity contribution is 0.0946. The van der Waals surface area contributed by atoms with Crippen LogP contribution in [0.5, 0.6) is 5.75 Å². The van der Waals surface area contributed by atoms with Crippen molar-refractivity contribution in [2.45, 2.75) is 13.0 Å². The number of rotatable bonds is 8. The predicted molar refractivity (Wildman–Crippen MR) is 110 cm³/mol. The molecule has 0 fully saturated rings. The van der Waals surface area contributed by atoms with E-state index in [1.54, 1.807) is 31.5 Å². The van der Waals surface area contributed by atoms with E-state index in [2.05, 4.69) is 20.6 Å². The number of methoxy groups -OCH3 is 1. The molecule has 28 heavy (non-hydrogen) atoms. The number of hydrogen-bond donors (Lipinski definition) is 2. The van der Waals surface area contributed by atoms with Crippen molar-refractivity contribution in [3.63, 3.8) is 0 Å². The van der Waals surface area contributed by atoms with E-state index in [0.717, 1.165) is 17.7 Å². The van der Waals surface area contributed by atoms with Crippen LogP contribution in [0.15, 0.2) is 60.8 Å². The van der Waals surface area contributed by atoms with Crippen molar-refractivity contribution >= 4 is 23.5 Å². The Morgan fingerprint density at radius 1 is 1.04 bits per heavy atom. The molecule has 0 unspecified atom stereocenters. The summed E-state index contributed by atoms with van der Waals surface area (Å²) < 4.78 is 5.15. The lowest BCUT2D eigenvalue weighted by atomic mass is 10.1. The van der Waals surface area contributed by atoms with Crippen LogP contribution in [0.25, 0.3) is 0 Å². The molecule has 0 saturated carbocycles. The number of hydrogen-bond acceptors (Lipinski definition) is 5. The third kappa shape index (κ3) is 5.69. The summed E-state index contributed by atoms with van der Waals surface area (Å²) in [7, 11) is 1.65. The second-order valence-corrected chi connectivity index (χ2v) is 6.54. The topological polar surface area (TPSA) is 76.1 Å². The second kappa shape index (κ2) is 9.71. The summed E-state index contributed by atoms with van der Waals surface area (Å²) in [5, 5.41) is 6.65. The van der Waals surface area contributed by atoms with E-state index in [1.807, 2.05) is 36.4 Å². The summed E-state index contributed by atoms with van der Waals surface area (Å²) in [6.07, 6.45) is 2.38. The molecular weight excluding hydrogens is 376 g/mol. The van der Waals surface area contributed by atoms with E-state index in [4.69, 9.17) is 16.3 Å². The average molecular weight is 397 g/mol. The Balaban J connectivity index is 1.50. The molecule has 0 aliphatic carbocycles. The van der Waals surface area contributed by atoms with Gasteiger partial charge in [0.2, 0.25) is 5.95 Å². The number of amides is 1. The van der Waals surface area contributed by atoms with E-state index in [1.165, 1.54) is 5.56 Å². The lowest BCUT2D eigenvalue weighted by Gasteiger charge is -2.08. The third-order valence-corrected chi connectivity index (χ3v) is 4.36. The number of carbonyl (C=O) groups excluding carboxylic acids is 1. The normalized spacial score (nSPS) is 10.4. The first-order valence-electron chi connectivity index (χ1n) is 8.86. The quantitative estimate of drug-likeness (QED) is 0.606. The molecule has 1 heterocycles. The van der Waals surface area contributed by atoms with Gasteiger partial charge in [-0.2, -0.15) is 0 Å². The van der Waals surface area contributed by atoms with Crippen LogP contribution in [-0.4, -0.2) is 29.5 Å². The van der Waals surface area contributed by atoms with Crippen molar-refractivity contribution in [2.75, 3.05) is 19.0 Å². The van der Waals surface area contributed by atoms with Gasteiger partial charge in [-0.15, -0.1) is 0 Å². The minimum atomic E-state index is -0.254. The van der Waals surface area contributed by atoms with Crippen LogP contribution in [0.2, 0.25) is 5.02 Å². The van der Waals surface area contributed by atoms with Crippen molar-refractivity contribution in [1.29, 1.82) is 0 Å². The molecule has 3 rings (SSSR count). The second-order valence-electron chi connectivity index (χ2n) is 6.10. The van der Waals surface area contributed by atoms with Gasteiger partial charge in [-0.05, 0) is 47.9 Å². The van der Waals surface area contributed by atoms with Crippen molar-refractivity contribution in [2.24, 2.45) is 0 Å². The highest BCUT2D eigenvalue weighted by Crippen LogP contribution is 2.12. The monoisotopic (exact) mass is 396 g/mol. The molecule has 0 atom stereocenters. The average Bonchev–Trinajstić information content (AvgIpc) is 2.74. The van der Waals surface area contributed by atoms with Gasteiger partial charge in [0, 0.05) is 24.3 Å². The lowest BCUT2D eigenvalue weighted by Crippen LogP contribution is -2.24. The summed E-state index contributed by atoms with van der Waals surface area (Å²) in [4.78, 5) is 20.8. The van der Waals surface area contributed by atoms with Gasteiger partial charge in [-0.1, -0.05) is 35.9 Å². The summed E-state index contributed by atoms with van der Waals surface area (Å²) in [6, 6.07) is 16.8. The molecule has 1 amide bonds.